The molecule has 0 bridgehead atoms. The first-order valence-electron chi connectivity index (χ1n) is 8.69. The van der Waals surface area contributed by atoms with Crippen molar-refractivity contribution < 1.29 is 19.0 Å². The van der Waals surface area contributed by atoms with Crippen LogP contribution >= 0.6 is 0 Å². The second-order valence-corrected chi connectivity index (χ2v) is 6.62. The summed E-state index contributed by atoms with van der Waals surface area (Å²) in [5.74, 6) is -3.77. The number of hydrogen-bond acceptors (Lipinski definition) is 2. The second-order valence-electron chi connectivity index (χ2n) is 6.62. The summed E-state index contributed by atoms with van der Waals surface area (Å²) in [5, 5.41) is 23.7. The summed E-state index contributed by atoms with van der Waals surface area (Å²) in [6, 6.07) is 23.8. The van der Waals surface area contributed by atoms with Crippen LogP contribution < -0.4 is 0 Å². The van der Waals surface area contributed by atoms with Gasteiger partial charge in [-0.3, -0.25) is 0 Å². The van der Waals surface area contributed by atoms with Gasteiger partial charge in [0.05, 0.1) is 0 Å². The van der Waals surface area contributed by atoms with Crippen LogP contribution in [0.4, 0.5) is 8.78 Å². The Bertz CT molecular complexity index is 1010. The Morgan fingerprint density at radius 3 is 1.37 bits per heavy atom. The fourth-order valence-electron chi connectivity index (χ4n) is 3.54. The highest BCUT2D eigenvalue weighted by atomic mass is 19.3. The predicted octanol–water partition coefficient (Wildman–Crippen LogP) is 5.40. The first-order valence-corrected chi connectivity index (χ1v) is 8.69. The van der Waals surface area contributed by atoms with Crippen LogP contribution in [0.5, 0.6) is 0 Å². The van der Waals surface area contributed by atoms with E-state index < -0.39 is 18.1 Å². The lowest BCUT2D eigenvalue weighted by Gasteiger charge is -2.29. The fourth-order valence-corrected chi connectivity index (χ4v) is 3.54. The molecule has 2 N–H and O–H groups in total. The molecule has 2 atom stereocenters. The number of hydrogen-bond donors (Lipinski definition) is 2. The molecule has 0 heterocycles. The molecule has 4 aromatic carbocycles. The number of fused-ring (bicyclic) bond motifs is 2. The summed E-state index contributed by atoms with van der Waals surface area (Å²) in [5.41, 5.74) is 0.190. The minimum Gasteiger partial charge on any atom is -0.382 e. The third-order valence-electron chi connectivity index (χ3n) is 4.97. The number of aliphatic hydroxyl groups is 2. The molecule has 2 unspecified atom stereocenters. The second kappa shape index (κ2) is 6.72. The Balaban J connectivity index is 1.79. The fraction of sp³-hybridized carbons (Fsp3) is 0.130. The van der Waals surface area contributed by atoms with Crippen molar-refractivity contribution in [1.82, 2.24) is 0 Å². The van der Waals surface area contributed by atoms with Crippen molar-refractivity contribution in [3.05, 3.63) is 96.1 Å². The highest BCUT2D eigenvalue weighted by molar-refractivity contribution is 5.87. The van der Waals surface area contributed by atoms with Gasteiger partial charge in [-0.15, -0.1) is 0 Å². The van der Waals surface area contributed by atoms with Crippen LogP contribution in [0.15, 0.2) is 84.9 Å². The van der Waals surface area contributed by atoms with Gasteiger partial charge in [-0.05, 0) is 32.7 Å². The van der Waals surface area contributed by atoms with E-state index in [1.807, 2.05) is 12.1 Å². The molecule has 0 radical (unpaired) electrons. The van der Waals surface area contributed by atoms with E-state index in [2.05, 4.69) is 0 Å². The average Bonchev–Trinajstić information content (AvgIpc) is 2.71. The molecule has 0 amide bonds. The third-order valence-corrected chi connectivity index (χ3v) is 4.97. The molecule has 0 aliphatic rings. The standard InChI is InChI=1S/C23H18F2O2/c24-23(25,21(26)19-13-5-9-15-7-1-3-11-17(15)19)22(27)20-14-6-10-16-8-2-4-12-18(16)20/h1-14,21-22,26-27H. The molecule has 2 nitrogen and oxygen atoms in total. The van der Waals surface area contributed by atoms with Crippen LogP contribution in [0.25, 0.3) is 21.5 Å². The molecule has 4 heteroatoms. The van der Waals surface area contributed by atoms with Gasteiger partial charge in [0.25, 0.3) is 0 Å². The van der Waals surface area contributed by atoms with Gasteiger partial charge in [0.2, 0.25) is 0 Å². The zero-order valence-electron chi connectivity index (χ0n) is 14.4. The van der Waals surface area contributed by atoms with E-state index in [9.17, 15) is 10.2 Å². The van der Waals surface area contributed by atoms with E-state index in [0.29, 0.717) is 10.8 Å². The molecule has 0 aliphatic carbocycles. The highest BCUT2D eigenvalue weighted by Gasteiger charge is 2.48. The zero-order chi connectivity index (χ0) is 19.0. The lowest BCUT2D eigenvalue weighted by atomic mass is 9.90. The Morgan fingerprint density at radius 2 is 0.926 bits per heavy atom. The van der Waals surface area contributed by atoms with Gasteiger partial charge in [-0.2, -0.15) is 0 Å². The van der Waals surface area contributed by atoms with Gasteiger partial charge in [-0.25, -0.2) is 8.78 Å². The van der Waals surface area contributed by atoms with Gasteiger partial charge in [-0.1, -0.05) is 84.9 Å². The molecule has 0 saturated carbocycles. The van der Waals surface area contributed by atoms with Crippen molar-refractivity contribution in [3.8, 4) is 0 Å². The molecular weight excluding hydrogens is 346 g/mol. The van der Waals surface area contributed by atoms with Gasteiger partial charge in [0, 0.05) is 0 Å². The van der Waals surface area contributed by atoms with Crippen molar-refractivity contribution in [2.24, 2.45) is 0 Å². The van der Waals surface area contributed by atoms with E-state index in [0.717, 1.165) is 10.8 Å². The van der Waals surface area contributed by atoms with Crippen LogP contribution in [0.3, 0.4) is 0 Å². The van der Waals surface area contributed by atoms with Crippen LogP contribution in [0, 0.1) is 0 Å². The summed E-state index contributed by atoms with van der Waals surface area (Å²) in [6.07, 6.45) is -4.28. The Kier molecular flexibility index (Phi) is 4.38. The van der Waals surface area contributed by atoms with Gasteiger partial charge in [0.15, 0.2) is 0 Å². The summed E-state index contributed by atoms with van der Waals surface area (Å²) >= 11 is 0. The first kappa shape index (κ1) is 17.6. The topological polar surface area (TPSA) is 40.5 Å². The van der Waals surface area contributed by atoms with E-state index in [-0.39, 0.29) is 11.1 Å². The van der Waals surface area contributed by atoms with Gasteiger partial charge >= 0.3 is 5.92 Å². The monoisotopic (exact) mass is 364 g/mol. The normalized spacial score (nSPS) is 14.4. The minimum absolute atomic E-state index is 0.0948. The first-order chi connectivity index (χ1) is 13.0. The Labute approximate surface area is 155 Å². The maximum Gasteiger partial charge on any atom is 0.306 e. The zero-order valence-corrected chi connectivity index (χ0v) is 14.4. The SMILES string of the molecule is OC(c1cccc2ccccc12)C(F)(F)C(O)c1cccc2ccccc12. The summed E-state index contributed by atoms with van der Waals surface area (Å²) in [4.78, 5) is 0. The van der Waals surface area contributed by atoms with Crippen molar-refractivity contribution in [3.63, 3.8) is 0 Å². The number of alkyl halides is 2. The third kappa shape index (κ3) is 2.97. The molecule has 0 aromatic heterocycles. The van der Waals surface area contributed by atoms with E-state index in [1.165, 1.54) is 12.1 Å². The largest absolute Gasteiger partial charge is 0.382 e. The van der Waals surface area contributed by atoms with E-state index in [1.54, 1.807) is 60.7 Å². The number of rotatable bonds is 4. The molecule has 0 fully saturated rings. The maximum absolute atomic E-state index is 15.1. The van der Waals surface area contributed by atoms with E-state index in [4.69, 9.17) is 0 Å². The minimum atomic E-state index is -3.77. The Morgan fingerprint density at radius 1 is 0.556 bits per heavy atom. The van der Waals surface area contributed by atoms with Crippen molar-refractivity contribution in [1.29, 1.82) is 0 Å². The maximum atomic E-state index is 15.1. The lowest BCUT2D eigenvalue weighted by molar-refractivity contribution is -0.181. The molecule has 4 rings (SSSR count). The van der Waals surface area contributed by atoms with Crippen LogP contribution in [-0.2, 0) is 0 Å². The summed E-state index contributed by atoms with van der Waals surface area (Å²) < 4.78 is 30.3. The number of halogens is 2. The smallest absolute Gasteiger partial charge is 0.306 e. The quantitative estimate of drug-likeness (QED) is 0.509. The summed E-state index contributed by atoms with van der Waals surface area (Å²) in [6.45, 7) is 0. The Hall–Kier alpha value is -2.82. The van der Waals surface area contributed by atoms with Gasteiger partial charge < -0.3 is 10.2 Å². The molecule has 0 spiro atoms. The average molecular weight is 364 g/mol. The molecular formula is C23H18F2O2. The van der Waals surface area contributed by atoms with E-state index >= 15 is 8.78 Å². The van der Waals surface area contributed by atoms with Crippen molar-refractivity contribution in [2.75, 3.05) is 0 Å². The molecule has 136 valence electrons. The molecule has 4 aromatic rings. The van der Waals surface area contributed by atoms with Crippen LogP contribution in [0.2, 0.25) is 0 Å². The van der Waals surface area contributed by atoms with Crippen molar-refractivity contribution >= 4 is 21.5 Å². The van der Waals surface area contributed by atoms with Crippen LogP contribution in [0.1, 0.15) is 23.3 Å². The lowest BCUT2D eigenvalue weighted by Crippen LogP contribution is -2.34. The summed E-state index contributed by atoms with van der Waals surface area (Å²) in [7, 11) is 0. The van der Waals surface area contributed by atoms with Crippen LogP contribution in [-0.4, -0.2) is 16.1 Å². The van der Waals surface area contributed by atoms with Gasteiger partial charge in [0.1, 0.15) is 12.2 Å². The molecule has 27 heavy (non-hydrogen) atoms. The molecule has 0 aliphatic heterocycles. The highest BCUT2D eigenvalue weighted by Crippen LogP contribution is 2.44. The van der Waals surface area contributed by atoms with Crippen molar-refractivity contribution in [2.45, 2.75) is 18.1 Å². The predicted molar refractivity (Wildman–Crippen MR) is 103 cm³/mol. The number of benzene rings is 4. The molecule has 0 saturated heterocycles. The number of aliphatic hydroxyl groups excluding tert-OH is 2.